The van der Waals surface area contributed by atoms with Crippen molar-refractivity contribution in [1.82, 2.24) is 5.32 Å². The van der Waals surface area contributed by atoms with Gasteiger partial charge < -0.3 is 5.32 Å². The lowest BCUT2D eigenvalue weighted by Gasteiger charge is -2.29. The molecule has 0 saturated heterocycles. The van der Waals surface area contributed by atoms with Gasteiger partial charge >= 0.3 is 0 Å². The molecule has 1 amide bonds. The van der Waals surface area contributed by atoms with E-state index in [9.17, 15) is 4.79 Å². The van der Waals surface area contributed by atoms with Gasteiger partial charge in [0.15, 0.2) is 0 Å². The molecule has 0 fully saturated rings. The van der Waals surface area contributed by atoms with Crippen LogP contribution in [0.25, 0.3) is 0 Å². The lowest BCUT2D eigenvalue weighted by Crippen LogP contribution is -2.51. The zero-order valence-corrected chi connectivity index (χ0v) is 10.8. The Morgan fingerprint density at radius 3 is 2.60 bits per heavy atom. The fraction of sp³-hybridized carbons (Fsp3) is 0.500. The van der Waals surface area contributed by atoms with Crippen molar-refractivity contribution >= 4 is 40.4 Å². The molecule has 0 radical (unpaired) electrons. The molecule has 1 aromatic heterocycles. The molecule has 0 aliphatic rings. The molecular weight excluding hydrogens is 253 g/mol. The second-order valence-corrected chi connectivity index (χ2v) is 4.81. The van der Waals surface area contributed by atoms with Gasteiger partial charge in [-0.3, -0.25) is 4.79 Å². The predicted molar refractivity (Wildman–Crippen MR) is 66.2 cm³/mol. The largest absolute Gasteiger partial charge is 0.344 e. The Bertz CT molecular complexity index is 301. The van der Waals surface area contributed by atoms with Gasteiger partial charge in [-0.15, -0.1) is 34.5 Å². The molecule has 0 spiro atoms. The van der Waals surface area contributed by atoms with E-state index in [2.05, 4.69) is 5.32 Å². The van der Waals surface area contributed by atoms with Crippen LogP contribution >= 0.6 is 34.5 Å². The quantitative estimate of drug-likeness (QED) is 0.815. The normalized spacial score (nSPS) is 11.4. The maximum absolute atomic E-state index is 11.8. The number of carbonyl (C=O) groups excluding carboxylic acids is 1. The number of alkyl halides is 2. The molecule has 0 aliphatic heterocycles. The van der Waals surface area contributed by atoms with Crippen LogP contribution in [0.4, 0.5) is 0 Å². The van der Waals surface area contributed by atoms with Gasteiger partial charge in [-0.25, -0.2) is 0 Å². The topological polar surface area (TPSA) is 29.1 Å². The minimum atomic E-state index is -0.496. The highest BCUT2D eigenvalue weighted by atomic mass is 35.5. The minimum Gasteiger partial charge on any atom is -0.344 e. The van der Waals surface area contributed by atoms with E-state index in [0.29, 0.717) is 16.6 Å². The van der Waals surface area contributed by atoms with E-state index in [1.807, 2.05) is 18.4 Å². The number of carbonyl (C=O) groups is 1. The Hall–Kier alpha value is -0.250. The first-order chi connectivity index (χ1) is 7.17. The van der Waals surface area contributed by atoms with Gasteiger partial charge in [0, 0.05) is 11.8 Å². The fourth-order valence-corrected chi connectivity index (χ4v) is 2.51. The van der Waals surface area contributed by atoms with Crippen molar-refractivity contribution in [2.75, 3.05) is 11.8 Å². The average molecular weight is 266 g/mol. The van der Waals surface area contributed by atoms with Gasteiger partial charge in [0.2, 0.25) is 0 Å². The summed E-state index contributed by atoms with van der Waals surface area (Å²) in [7, 11) is 0. The highest BCUT2D eigenvalue weighted by Crippen LogP contribution is 2.17. The summed E-state index contributed by atoms with van der Waals surface area (Å²) in [5.41, 5.74) is -0.496. The molecular formula is C10H13Cl2NOS. The third kappa shape index (κ3) is 3.10. The molecule has 0 aliphatic carbocycles. The Balaban J connectivity index is 2.71. The summed E-state index contributed by atoms with van der Waals surface area (Å²) in [5.74, 6) is 0.543. The lowest BCUT2D eigenvalue weighted by atomic mass is 10.0. The molecule has 84 valence electrons. The second-order valence-electron chi connectivity index (χ2n) is 3.33. The Labute approximate surface area is 104 Å². The fourth-order valence-electron chi connectivity index (χ4n) is 1.09. The number of nitrogens with one attached hydrogen (secondary N) is 1. The zero-order chi connectivity index (χ0) is 11.3. The number of hydrogen-bond acceptors (Lipinski definition) is 2. The van der Waals surface area contributed by atoms with Gasteiger partial charge in [-0.1, -0.05) is 13.0 Å². The van der Waals surface area contributed by atoms with E-state index in [1.54, 1.807) is 6.07 Å². The molecule has 1 rings (SSSR count). The Morgan fingerprint density at radius 2 is 2.20 bits per heavy atom. The van der Waals surface area contributed by atoms with Crippen LogP contribution in [0.15, 0.2) is 17.5 Å². The Kier molecular flexibility index (Phi) is 4.90. The van der Waals surface area contributed by atoms with E-state index in [1.165, 1.54) is 11.3 Å². The van der Waals surface area contributed by atoms with E-state index >= 15 is 0 Å². The van der Waals surface area contributed by atoms with Crippen molar-refractivity contribution in [2.24, 2.45) is 0 Å². The maximum atomic E-state index is 11.8. The smallest absolute Gasteiger partial charge is 0.261 e. The SMILES string of the molecule is CCC(CCl)(CCl)NC(=O)c1cccs1. The first kappa shape index (κ1) is 12.8. The van der Waals surface area contributed by atoms with Crippen LogP contribution in [0, 0.1) is 0 Å². The summed E-state index contributed by atoms with van der Waals surface area (Å²) in [6.45, 7) is 1.96. The van der Waals surface area contributed by atoms with E-state index in [0.717, 1.165) is 6.42 Å². The van der Waals surface area contributed by atoms with E-state index in [4.69, 9.17) is 23.2 Å². The molecule has 1 aromatic rings. The lowest BCUT2D eigenvalue weighted by molar-refractivity contribution is 0.0918. The Morgan fingerprint density at radius 1 is 1.53 bits per heavy atom. The summed E-state index contributed by atoms with van der Waals surface area (Å²) < 4.78 is 0. The summed E-state index contributed by atoms with van der Waals surface area (Å²) >= 11 is 13.1. The van der Waals surface area contributed by atoms with Crippen LogP contribution < -0.4 is 5.32 Å². The first-order valence-electron chi connectivity index (χ1n) is 4.65. The molecule has 5 heteroatoms. The van der Waals surface area contributed by atoms with Crippen molar-refractivity contribution in [3.63, 3.8) is 0 Å². The van der Waals surface area contributed by atoms with Crippen LogP contribution in [-0.4, -0.2) is 23.2 Å². The third-order valence-corrected chi connectivity index (χ3v) is 4.20. The number of hydrogen-bond donors (Lipinski definition) is 1. The molecule has 1 N–H and O–H groups in total. The van der Waals surface area contributed by atoms with Crippen LogP contribution in [0.1, 0.15) is 23.0 Å². The molecule has 0 unspecified atom stereocenters. The monoisotopic (exact) mass is 265 g/mol. The third-order valence-electron chi connectivity index (χ3n) is 2.31. The van der Waals surface area contributed by atoms with Gasteiger partial charge in [-0.2, -0.15) is 0 Å². The van der Waals surface area contributed by atoms with Gasteiger partial charge in [0.1, 0.15) is 0 Å². The number of thiophene rings is 1. The van der Waals surface area contributed by atoms with Crippen molar-refractivity contribution in [2.45, 2.75) is 18.9 Å². The number of rotatable bonds is 5. The molecule has 0 aromatic carbocycles. The van der Waals surface area contributed by atoms with Gasteiger partial charge in [0.25, 0.3) is 5.91 Å². The van der Waals surface area contributed by atoms with Crippen molar-refractivity contribution in [3.8, 4) is 0 Å². The summed E-state index contributed by atoms with van der Waals surface area (Å²) in [6, 6.07) is 3.62. The molecule has 0 saturated carbocycles. The number of amides is 1. The summed E-state index contributed by atoms with van der Waals surface area (Å²) in [5, 5.41) is 4.75. The van der Waals surface area contributed by atoms with Crippen molar-refractivity contribution in [1.29, 1.82) is 0 Å². The van der Waals surface area contributed by atoms with Crippen LogP contribution in [0.5, 0.6) is 0 Å². The minimum absolute atomic E-state index is 0.104. The highest BCUT2D eigenvalue weighted by molar-refractivity contribution is 7.12. The van der Waals surface area contributed by atoms with Crippen molar-refractivity contribution in [3.05, 3.63) is 22.4 Å². The predicted octanol–water partition coefficient (Wildman–Crippen LogP) is 3.10. The van der Waals surface area contributed by atoms with Crippen LogP contribution in [0.2, 0.25) is 0 Å². The maximum Gasteiger partial charge on any atom is 0.261 e. The summed E-state index contributed by atoms with van der Waals surface area (Å²) in [6.07, 6.45) is 0.719. The van der Waals surface area contributed by atoms with Gasteiger partial charge in [0.05, 0.1) is 10.4 Å². The van der Waals surface area contributed by atoms with Gasteiger partial charge in [-0.05, 0) is 17.9 Å². The molecule has 2 nitrogen and oxygen atoms in total. The van der Waals surface area contributed by atoms with Crippen LogP contribution in [0.3, 0.4) is 0 Å². The highest BCUT2D eigenvalue weighted by Gasteiger charge is 2.28. The van der Waals surface area contributed by atoms with Crippen molar-refractivity contribution < 1.29 is 4.79 Å². The average Bonchev–Trinajstić information content (AvgIpc) is 2.79. The van der Waals surface area contributed by atoms with E-state index < -0.39 is 5.54 Å². The summed E-state index contributed by atoms with van der Waals surface area (Å²) in [4.78, 5) is 12.5. The van der Waals surface area contributed by atoms with E-state index in [-0.39, 0.29) is 5.91 Å². The number of halogens is 2. The molecule has 0 bridgehead atoms. The molecule has 1 heterocycles. The molecule has 0 atom stereocenters. The van der Waals surface area contributed by atoms with Crippen LogP contribution in [-0.2, 0) is 0 Å². The zero-order valence-electron chi connectivity index (χ0n) is 8.43. The molecule has 15 heavy (non-hydrogen) atoms. The first-order valence-corrected chi connectivity index (χ1v) is 6.60. The standard InChI is InChI=1S/C10H13Cl2NOS/c1-2-10(6-11,7-12)13-9(14)8-4-3-5-15-8/h3-5H,2,6-7H2,1H3,(H,13,14). The second kappa shape index (κ2) is 5.73.